The SMILES string of the molecule is CC/C=C\C[C@H](O)/C=C/C=C\C/C=C\C/C=C\CCCC(=O)[O-]. The van der Waals surface area contributed by atoms with Crippen LogP contribution in [0.15, 0.2) is 60.8 Å². The molecular weight excluding hydrogens is 288 g/mol. The zero-order chi connectivity index (χ0) is 17.2. The number of unbranched alkanes of at least 4 members (excludes halogenated alkanes) is 1. The predicted molar refractivity (Wildman–Crippen MR) is 94.7 cm³/mol. The van der Waals surface area contributed by atoms with Crippen LogP contribution in [0.4, 0.5) is 0 Å². The van der Waals surface area contributed by atoms with Crippen molar-refractivity contribution in [2.75, 3.05) is 0 Å². The third-order valence-corrected chi connectivity index (χ3v) is 2.99. The topological polar surface area (TPSA) is 60.4 Å². The Labute approximate surface area is 140 Å². The third-order valence-electron chi connectivity index (χ3n) is 2.99. The highest BCUT2D eigenvalue weighted by molar-refractivity contribution is 5.64. The number of rotatable bonds is 13. The van der Waals surface area contributed by atoms with E-state index >= 15 is 0 Å². The van der Waals surface area contributed by atoms with Crippen LogP contribution in [0.5, 0.6) is 0 Å². The summed E-state index contributed by atoms with van der Waals surface area (Å²) in [5, 5.41) is 19.8. The van der Waals surface area contributed by atoms with Crippen molar-refractivity contribution in [1.29, 1.82) is 0 Å². The van der Waals surface area contributed by atoms with E-state index in [0.29, 0.717) is 12.8 Å². The zero-order valence-electron chi connectivity index (χ0n) is 14.1. The average Bonchev–Trinajstić information content (AvgIpc) is 2.51. The maximum atomic E-state index is 10.2. The van der Waals surface area contributed by atoms with Crippen LogP contribution in [-0.2, 0) is 4.79 Å². The summed E-state index contributed by atoms with van der Waals surface area (Å²) < 4.78 is 0. The minimum atomic E-state index is -0.982. The normalized spacial score (nSPS) is 14.2. The van der Waals surface area contributed by atoms with Gasteiger partial charge in [-0.15, -0.1) is 0 Å². The Morgan fingerprint density at radius 1 is 1.00 bits per heavy atom. The van der Waals surface area contributed by atoms with E-state index in [1.807, 2.05) is 36.5 Å². The molecule has 0 aliphatic heterocycles. The minimum Gasteiger partial charge on any atom is -0.550 e. The lowest BCUT2D eigenvalue weighted by atomic mass is 10.2. The maximum Gasteiger partial charge on any atom is 0.0758 e. The average molecular weight is 317 g/mol. The highest BCUT2D eigenvalue weighted by Gasteiger charge is 1.92. The van der Waals surface area contributed by atoms with E-state index in [0.717, 1.165) is 25.7 Å². The number of hydrogen-bond donors (Lipinski definition) is 1. The van der Waals surface area contributed by atoms with Crippen molar-refractivity contribution >= 4 is 5.97 Å². The monoisotopic (exact) mass is 317 g/mol. The number of aliphatic hydroxyl groups is 1. The molecule has 0 saturated carbocycles. The van der Waals surface area contributed by atoms with Crippen molar-refractivity contribution in [3.05, 3.63) is 60.8 Å². The second kappa shape index (κ2) is 16.5. The van der Waals surface area contributed by atoms with Gasteiger partial charge in [-0.2, -0.15) is 0 Å². The second-order valence-corrected chi connectivity index (χ2v) is 5.17. The first-order valence-electron chi connectivity index (χ1n) is 8.33. The van der Waals surface area contributed by atoms with Gasteiger partial charge in [-0.1, -0.05) is 67.7 Å². The van der Waals surface area contributed by atoms with E-state index in [1.165, 1.54) is 0 Å². The molecule has 0 aromatic carbocycles. The van der Waals surface area contributed by atoms with Gasteiger partial charge in [0.25, 0.3) is 0 Å². The van der Waals surface area contributed by atoms with Gasteiger partial charge < -0.3 is 15.0 Å². The van der Waals surface area contributed by atoms with Gasteiger partial charge in [-0.3, -0.25) is 0 Å². The molecule has 0 spiro atoms. The molecule has 0 fully saturated rings. The molecule has 0 bridgehead atoms. The number of carbonyl (C=O) groups is 1. The molecule has 3 heteroatoms. The van der Waals surface area contributed by atoms with Crippen molar-refractivity contribution in [3.8, 4) is 0 Å². The number of aliphatic carboxylic acids is 1. The fourth-order valence-corrected chi connectivity index (χ4v) is 1.76. The lowest BCUT2D eigenvalue weighted by molar-refractivity contribution is -0.305. The standard InChI is InChI=1S/C20H30O3/c1-2-3-13-16-19(21)17-14-11-9-7-5-4-6-8-10-12-15-18-20(22)23/h3-5,8-11,13-14,17,19,21H,2,6-7,12,15-16,18H2,1H3,(H,22,23)/p-1/b5-4-,10-8-,11-9-,13-3-,17-14+/t19-/m0/s1. The van der Waals surface area contributed by atoms with Gasteiger partial charge in [0.1, 0.15) is 0 Å². The smallest absolute Gasteiger partial charge is 0.0758 e. The summed E-state index contributed by atoms with van der Waals surface area (Å²) >= 11 is 0. The van der Waals surface area contributed by atoms with Crippen LogP contribution in [0.1, 0.15) is 51.9 Å². The van der Waals surface area contributed by atoms with Gasteiger partial charge in [0.05, 0.1) is 6.10 Å². The molecule has 0 aromatic heterocycles. The van der Waals surface area contributed by atoms with E-state index in [4.69, 9.17) is 0 Å². The highest BCUT2D eigenvalue weighted by Crippen LogP contribution is 1.99. The Bertz CT molecular complexity index is 428. The predicted octanol–water partition coefficient (Wildman–Crippen LogP) is 3.63. The summed E-state index contributed by atoms with van der Waals surface area (Å²) in [5.41, 5.74) is 0. The Morgan fingerprint density at radius 3 is 2.39 bits per heavy atom. The van der Waals surface area contributed by atoms with Crippen molar-refractivity contribution in [2.45, 2.75) is 58.0 Å². The van der Waals surface area contributed by atoms with E-state index in [2.05, 4.69) is 25.2 Å². The largest absolute Gasteiger partial charge is 0.550 e. The number of carboxylic acid groups (broad SMARTS) is 1. The van der Waals surface area contributed by atoms with Crippen molar-refractivity contribution in [1.82, 2.24) is 0 Å². The van der Waals surface area contributed by atoms with Crippen LogP contribution in [0.25, 0.3) is 0 Å². The first-order valence-corrected chi connectivity index (χ1v) is 8.33. The zero-order valence-corrected chi connectivity index (χ0v) is 14.1. The van der Waals surface area contributed by atoms with Crippen LogP contribution < -0.4 is 5.11 Å². The van der Waals surface area contributed by atoms with Gasteiger partial charge in [0.2, 0.25) is 0 Å². The summed E-state index contributed by atoms with van der Waals surface area (Å²) in [6.45, 7) is 2.07. The molecule has 23 heavy (non-hydrogen) atoms. The molecule has 0 rings (SSSR count). The van der Waals surface area contributed by atoms with Crippen LogP contribution in [0.2, 0.25) is 0 Å². The quantitative estimate of drug-likeness (QED) is 0.320. The molecule has 1 N–H and O–H groups in total. The molecule has 0 unspecified atom stereocenters. The summed E-state index contributed by atoms with van der Waals surface area (Å²) in [4.78, 5) is 10.2. The van der Waals surface area contributed by atoms with Gasteiger partial charge >= 0.3 is 0 Å². The van der Waals surface area contributed by atoms with Crippen LogP contribution in [0, 0.1) is 0 Å². The fourth-order valence-electron chi connectivity index (χ4n) is 1.76. The summed E-state index contributed by atoms with van der Waals surface area (Å²) in [7, 11) is 0. The Kier molecular flexibility index (Phi) is 15.2. The van der Waals surface area contributed by atoms with E-state index in [1.54, 1.807) is 6.08 Å². The van der Waals surface area contributed by atoms with Crippen LogP contribution in [0.3, 0.4) is 0 Å². The molecule has 0 aromatic rings. The molecule has 0 heterocycles. The van der Waals surface area contributed by atoms with Gasteiger partial charge in [-0.05, 0) is 44.9 Å². The van der Waals surface area contributed by atoms with E-state index < -0.39 is 12.1 Å². The lowest BCUT2D eigenvalue weighted by Crippen LogP contribution is -2.21. The molecule has 0 saturated heterocycles. The van der Waals surface area contributed by atoms with E-state index in [-0.39, 0.29) is 6.42 Å². The van der Waals surface area contributed by atoms with E-state index in [9.17, 15) is 15.0 Å². The highest BCUT2D eigenvalue weighted by atomic mass is 16.4. The second-order valence-electron chi connectivity index (χ2n) is 5.17. The number of allylic oxidation sites excluding steroid dienone is 8. The van der Waals surface area contributed by atoms with Crippen molar-refractivity contribution in [2.24, 2.45) is 0 Å². The summed E-state index contributed by atoms with van der Waals surface area (Å²) in [6, 6.07) is 0. The minimum absolute atomic E-state index is 0.127. The number of carboxylic acids is 1. The lowest BCUT2D eigenvalue weighted by Gasteiger charge is -1.98. The van der Waals surface area contributed by atoms with Crippen molar-refractivity contribution in [3.63, 3.8) is 0 Å². The first kappa shape index (κ1) is 21.1. The molecule has 3 nitrogen and oxygen atoms in total. The number of aliphatic hydroxyl groups excluding tert-OH is 1. The number of hydrogen-bond acceptors (Lipinski definition) is 3. The van der Waals surface area contributed by atoms with Gasteiger partial charge in [0, 0.05) is 5.97 Å². The first-order chi connectivity index (χ1) is 11.2. The molecule has 0 amide bonds. The molecule has 128 valence electrons. The third kappa shape index (κ3) is 18.1. The Hall–Kier alpha value is -1.87. The Balaban J connectivity index is 3.63. The molecule has 1 atom stereocenters. The number of carbonyl (C=O) groups excluding carboxylic acids is 1. The van der Waals surface area contributed by atoms with Gasteiger partial charge in [0.15, 0.2) is 0 Å². The summed E-state index contributed by atoms with van der Waals surface area (Å²) in [5.74, 6) is -0.982. The van der Waals surface area contributed by atoms with Crippen molar-refractivity contribution < 1.29 is 15.0 Å². The van der Waals surface area contributed by atoms with Crippen LogP contribution >= 0.6 is 0 Å². The van der Waals surface area contributed by atoms with Crippen LogP contribution in [-0.4, -0.2) is 17.2 Å². The fraction of sp³-hybridized carbons (Fsp3) is 0.450. The molecule has 0 aliphatic rings. The molecular formula is C20H29O3-. The molecule has 0 aliphatic carbocycles. The summed E-state index contributed by atoms with van der Waals surface area (Å²) in [6.07, 6.45) is 24.4. The Morgan fingerprint density at radius 2 is 1.70 bits per heavy atom. The molecule has 0 radical (unpaired) electrons. The van der Waals surface area contributed by atoms with Gasteiger partial charge in [-0.25, -0.2) is 0 Å². The maximum absolute atomic E-state index is 10.2.